The van der Waals surface area contributed by atoms with E-state index in [1.54, 1.807) is 19.1 Å². The zero-order chi connectivity index (χ0) is 12.3. The van der Waals surface area contributed by atoms with E-state index in [-0.39, 0.29) is 12.0 Å². The summed E-state index contributed by atoms with van der Waals surface area (Å²) in [6, 6.07) is 5.70. The average molecular weight is 235 g/mol. The molecule has 1 unspecified atom stereocenters. The van der Waals surface area contributed by atoms with Gasteiger partial charge >= 0.3 is 5.97 Å². The Morgan fingerprint density at radius 2 is 2.41 bits per heavy atom. The monoisotopic (exact) mass is 235 g/mol. The Kier molecular flexibility index (Phi) is 3.64. The van der Waals surface area contributed by atoms with Crippen LogP contribution >= 0.6 is 0 Å². The fourth-order valence-corrected chi connectivity index (χ4v) is 1.90. The normalized spacial score (nSPS) is 18.8. The number of esters is 1. The van der Waals surface area contributed by atoms with Crippen LogP contribution in [0.3, 0.4) is 0 Å². The van der Waals surface area contributed by atoms with Gasteiger partial charge in [-0.25, -0.2) is 4.79 Å². The molecule has 1 aliphatic rings. The maximum atomic E-state index is 11.6. The number of benzene rings is 1. The maximum absolute atomic E-state index is 11.6. The molecule has 4 heteroatoms. The van der Waals surface area contributed by atoms with Crippen molar-refractivity contribution in [1.82, 2.24) is 5.32 Å². The molecular formula is C13H17NO3. The second-order valence-electron chi connectivity index (χ2n) is 4.00. The third-order valence-corrected chi connectivity index (χ3v) is 2.80. The van der Waals surface area contributed by atoms with Gasteiger partial charge in [-0.3, -0.25) is 0 Å². The second-order valence-corrected chi connectivity index (χ2v) is 4.00. The van der Waals surface area contributed by atoms with Gasteiger partial charge in [-0.2, -0.15) is 0 Å². The Morgan fingerprint density at radius 3 is 3.18 bits per heavy atom. The molecule has 0 spiro atoms. The lowest BCUT2D eigenvalue weighted by Crippen LogP contribution is -2.20. The summed E-state index contributed by atoms with van der Waals surface area (Å²) >= 11 is 0. The molecule has 1 heterocycles. The first-order valence-electron chi connectivity index (χ1n) is 5.89. The minimum atomic E-state index is -0.302. The standard InChI is InChI=1S/C13H17NO3/c1-3-16-13(15)10-4-5-11-9(2)14-6-7-17-12(11)8-10/h4-5,8-9,14H,3,6-7H2,1-2H3. The van der Waals surface area contributed by atoms with Gasteiger partial charge in [-0.15, -0.1) is 0 Å². The van der Waals surface area contributed by atoms with Crippen molar-refractivity contribution in [2.45, 2.75) is 19.9 Å². The van der Waals surface area contributed by atoms with E-state index in [1.165, 1.54) is 0 Å². The van der Waals surface area contributed by atoms with Crippen molar-refractivity contribution in [2.75, 3.05) is 19.8 Å². The molecule has 0 saturated heterocycles. The molecule has 4 nitrogen and oxygen atoms in total. The minimum Gasteiger partial charge on any atom is -0.492 e. The van der Waals surface area contributed by atoms with E-state index in [1.807, 2.05) is 6.07 Å². The van der Waals surface area contributed by atoms with Gasteiger partial charge in [-0.1, -0.05) is 6.07 Å². The zero-order valence-electron chi connectivity index (χ0n) is 10.2. The second kappa shape index (κ2) is 5.19. The van der Waals surface area contributed by atoms with Crippen molar-refractivity contribution in [3.63, 3.8) is 0 Å². The third-order valence-electron chi connectivity index (χ3n) is 2.80. The Labute approximate surface area is 101 Å². The van der Waals surface area contributed by atoms with Crippen molar-refractivity contribution >= 4 is 5.97 Å². The van der Waals surface area contributed by atoms with Crippen molar-refractivity contribution < 1.29 is 14.3 Å². The van der Waals surface area contributed by atoms with Crippen molar-refractivity contribution in [1.29, 1.82) is 0 Å². The molecule has 0 fully saturated rings. The predicted octanol–water partition coefficient (Wildman–Crippen LogP) is 1.91. The molecule has 0 aliphatic carbocycles. The fraction of sp³-hybridized carbons (Fsp3) is 0.462. The number of carbonyl (C=O) groups is 1. The van der Waals surface area contributed by atoms with E-state index < -0.39 is 0 Å². The molecule has 0 bridgehead atoms. The molecule has 17 heavy (non-hydrogen) atoms. The van der Waals surface area contributed by atoms with Crippen molar-refractivity contribution in [2.24, 2.45) is 0 Å². The lowest BCUT2D eigenvalue weighted by atomic mass is 10.0. The largest absolute Gasteiger partial charge is 0.492 e. The predicted molar refractivity (Wildman–Crippen MR) is 64.3 cm³/mol. The summed E-state index contributed by atoms with van der Waals surface area (Å²) < 4.78 is 10.6. The van der Waals surface area contributed by atoms with Crippen LogP contribution in [0.5, 0.6) is 5.75 Å². The van der Waals surface area contributed by atoms with E-state index in [0.717, 1.165) is 17.9 Å². The molecule has 2 rings (SSSR count). The maximum Gasteiger partial charge on any atom is 0.338 e. The first kappa shape index (κ1) is 11.9. The van der Waals surface area contributed by atoms with Crippen LogP contribution in [0.2, 0.25) is 0 Å². The number of rotatable bonds is 2. The first-order valence-corrected chi connectivity index (χ1v) is 5.89. The highest BCUT2D eigenvalue weighted by Gasteiger charge is 2.17. The molecule has 0 radical (unpaired) electrons. The van der Waals surface area contributed by atoms with Gasteiger partial charge < -0.3 is 14.8 Å². The van der Waals surface area contributed by atoms with Crippen LogP contribution in [-0.2, 0) is 4.74 Å². The van der Waals surface area contributed by atoms with E-state index >= 15 is 0 Å². The third kappa shape index (κ3) is 2.58. The average Bonchev–Trinajstić information content (AvgIpc) is 2.51. The van der Waals surface area contributed by atoms with Crippen LogP contribution in [-0.4, -0.2) is 25.7 Å². The van der Waals surface area contributed by atoms with E-state index in [2.05, 4.69) is 12.2 Å². The summed E-state index contributed by atoms with van der Waals surface area (Å²) in [6.07, 6.45) is 0. The lowest BCUT2D eigenvalue weighted by molar-refractivity contribution is 0.0526. The van der Waals surface area contributed by atoms with E-state index in [4.69, 9.17) is 9.47 Å². The molecule has 92 valence electrons. The summed E-state index contributed by atoms with van der Waals surface area (Å²) in [7, 11) is 0. The van der Waals surface area contributed by atoms with Crippen LogP contribution in [0.4, 0.5) is 0 Å². The highest BCUT2D eigenvalue weighted by atomic mass is 16.5. The lowest BCUT2D eigenvalue weighted by Gasteiger charge is -2.13. The van der Waals surface area contributed by atoms with Crippen molar-refractivity contribution in [3.05, 3.63) is 29.3 Å². The van der Waals surface area contributed by atoms with E-state index in [9.17, 15) is 4.79 Å². The molecule has 1 aromatic rings. The Balaban J connectivity index is 2.29. The van der Waals surface area contributed by atoms with Gasteiger partial charge in [0.1, 0.15) is 12.4 Å². The Morgan fingerprint density at radius 1 is 1.59 bits per heavy atom. The topological polar surface area (TPSA) is 47.6 Å². The minimum absolute atomic E-state index is 0.240. The molecule has 1 aliphatic heterocycles. The molecule has 0 aromatic heterocycles. The molecular weight excluding hydrogens is 218 g/mol. The smallest absolute Gasteiger partial charge is 0.338 e. The SMILES string of the molecule is CCOC(=O)c1ccc2c(c1)OCCNC2C. The molecule has 1 atom stereocenters. The number of nitrogens with one attached hydrogen (secondary N) is 1. The summed E-state index contributed by atoms with van der Waals surface area (Å²) in [6.45, 7) is 5.68. The van der Waals surface area contributed by atoms with Crippen LogP contribution in [0.25, 0.3) is 0 Å². The molecule has 1 aromatic carbocycles. The summed E-state index contributed by atoms with van der Waals surface area (Å²) in [5, 5.41) is 3.33. The Bertz CT molecular complexity index is 417. The number of fused-ring (bicyclic) bond motifs is 1. The first-order chi connectivity index (χ1) is 8.22. The van der Waals surface area contributed by atoms with Crippen LogP contribution in [0.15, 0.2) is 18.2 Å². The quantitative estimate of drug-likeness (QED) is 0.795. The number of hydrogen-bond acceptors (Lipinski definition) is 4. The summed E-state index contributed by atoms with van der Waals surface area (Å²) in [4.78, 5) is 11.6. The van der Waals surface area contributed by atoms with Gasteiger partial charge in [0.25, 0.3) is 0 Å². The van der Waals surface area contributed by atoms with Gasteiger partial charge in [0.2, 0.25) is 0 Å². The van der Waals surface area contributed by atoms with E-state index in [0.29, 0.717) is 18.8 Å². The number of carbonyl (C=O) groups excluding carboxylic acids is 1. The van der Waals surface area contributed by atoms with Gasteiger partial charge in [0.15, 0.2) is 0 Å². The number of ether oxygens (including phenoxy) is 2. The van der Waals surface area contributed by atoms with Crippen LogP contribution in [0.1, 0.15) is 35.8 Å². The molecule has 0 amide bonds. The van der Waals surface area contributed by atoms with Gasteiger partial charge in [0.05, 0.1) is 12.2 Å². The van der Waals surface area contributed by atoms with Crippen molar-refractivity contribution in [3.8, 4) is 5.75 Å². The number of hydrogen-bond donors (Lipinski definition) is 1. The molecule has 1 N–H and O–H groups in total. The highest BCUT2D eigenvalue weighted by Crippen LogP contribution is 2.28. The van der Waals surface area contributed by atoms with Crippen LogP contribution in [0, 0.1) is 0 Å². The summed E-state index contributed by atoms with van der Waals surface area (Å²) in [5.41, 5.74) is 1.62. The highest BCUT2D eigenvalue weighted by molar-refractivity contribution is 5.90. The fourth-order valence-electron chi connectivity index (χ4n) is 1.90. The molecule has 0 saturated carbocycles. The van der Waals surface area contributed by atoms with Gasteiger partial charge in [-0.05, 0) is 26.0 Å². The van der Waals surface area contributed by atoms with Gasteiger partial charge in [0, 0.05) is 18.2 Å². The summed E-state index contributed by atoms with van der Waals surface area (Å²) in [5.74, 6) is 0.469. The Hall–Kier alpha value is -1.55. The van der Waals surface area contributed by atoms with Crippen LogP contribution < -0.4 is 10.1 Å². The zero-order valence-corrected chi connectivity index (χ0v) is 10.2.